The van der Waals surface area contributed by atoms with E-state index in [4.69, 9.17) is 0 Å². The van der Waals surface area contributed by atoms with Gasteiger partial charge >= 0.3 is 6.18 Å². The average molecular weight is 420 g/mol. The Labute approximate surface area is 171 Å². The van der Waals surface area contributed by atoms with E-state index in [1.165, 1.54) is 11.1 Å². The van der Waals surface area contributed by atoms with Crippen LogP contribution in [0.15, 0.2) is 24.5 Å². The number of aromatic nitrogens is 3. The number of hydrogen-bond acceptors (Lipinski definition) is 5. The molecule has 2 aliphatic heterocycles. The average Bonchev–Trinajstić information content (AvgIpc) is 3.12. The summed E-state index contributed by atoms with van der Waals surface area (Å²) in [4.78, 5) is 25.2. The normalized spacial score (nSPS) is 19.9. The first kappa shape index (κ1) is 20.4. The van der Waals surface area contributed by atoms with Crippen molar-refractivity contribution in [2.24, 2.45) is 0 Å². The van der Waals surface area contributed by atoms with Crippen molar-refractivity contribution in [2.75, 3.05) is 32.0 Å². The molecule has 0 bridgehead atoms. The first-order valence-electron chi connectivity index (χ1n) is 9.87. The summed E-state index contributed by atoms with van der Waals surface area (Å²) in [5.74, 6) is -0.124. The highest BCUT2D eigenvalue weighted by atomic mass is 19.4. The molecule has 2 aliphatic rings. The molecule has 7 nitrogen and oxygen atoms in total. The first-order valence-corrected chi connectivity index (χ1v) is 9.87. The highest BCUT2D eigenvalue weighted by Crippen LogP contribution is 2.38. The topological polar surface area (TPSA) is 85.9 Å². The summed E-state index contributed by atoms with van der Waals surface area (Å²) < 4.78 is 41.2. The molecule has 4 rings (SSSR count). The molecule has 0 radical (unpaired) electrons. The zero-order valence-corrected chi connectivity index (χ0v) is 16.5. The van der Waals surface area contributed by atoms with Crippen LogP contribution in [-0.2, 0) is 12.6 Å². The monoisotopic (exact) mass is 420 g/mol. The number of carbonyl (C=O) groups excluding carboxylic acids is 1. The number of aromatic amines is 1. The summed E-state index contributed by atoms with van der Waals surface area (Å²) in [6.07, 6.45) is 3.49. The fraction of sp³-hybridized carbons (Fsp3) is 0.450. The number of amides is 1. The van der Waals surface area contributed by atoms with Crippen LogP contribution >= 0.6 is 0 Å². The molecule has 30 heavy (non-hydrogen) atoms. The maximum atomic E-state index is 13.7. The minimum atomic E-state index is -4.62. The van der Waals surface area contributed by atoms with Crippen LogP contribution in [0.2, 0.25) is 0 Å². The van der Waals surface area contributed by atoms with Gasteiger partial charge in [0.05, 0.1) is 5.69 Å². The number of allylic oxidation sites excluding steroid dienone is 1. The molecule has 0 aromatic carbocycles. The van der Waals surface area contributed by atoms with E-state index < -0.39 is 11.7 Å². The van der Waals surface area contributed by atoms with Crippen LogP contribution in [0.4, 0.5) is 19.1 Å². The molecule has 4 heterocycles. The third-order valence-corrected chi connectivity index (χ3v) is 5.40. The van der Waals surface area contributed by atoms with Crippen molar-refractivity contribution >= 4 is 11.9 Å². The van der Waals surface area contributed by atoms with E-state index >= 15 is 0 Å². The second kappa shape index (κ2) is 8.10. The molecule has 0 unspecified atom stereocenters. The lowest BCUT2D eigenvalue weighted by atomic mass is 10.00. The lowest BCUT2D eigenvalue weighted by molar-refractivity contribution is -0.137. The summed E-state index contributed by atoms with van der Waals surface area (Å²) >= 11 is 0. The second-order valence-corrected chi connectivity index (χ2v) is 7.56. The molecule has 1 fully saturated rings. The van der Waals surface area contributed by atoms with Crippen LogP contribution in [0.1, 0.15) is 34.5 Å². The van der Waals surface area contributed by atoms with Crippen molar-refractivity contribution in [2.45, 2.75) is 31.5 Å². The largest absolute Gasteiger partial charge is 0.419 e. The van der Waals surface area contributed by atoms with Crippen molar-refractivity contribution < 1.29 is 18.0 Å². The Hall–Kier alpha value is -2.88. The van der Waals surface area contributed by atoms with Crippen LogP contribution in [0.25, 0.3) is 11.3 Å². The van der Waals surface area contributed by atoms with Gasteiger partial charge in [0.25, 0.3) is 5.91 Å². The molecule has 1 saturated heterocycles. The van der Waals surface area contributed by atoms with Gasteiger partial charge in [0.1, 0.15) is 11.3 Å². The van der Waals surface area contributed by atoms with E-state index in [0.717, 1.165) is 25.6 Å². The Morgan fingerprint density at radius 2 is 2.13 bits per heavy atom. The number of alkyl halides is 3. The van der Waals surface area contributed by atoms with Crippen LogP contribution in [0.5, 0.6) is 0 Å². The number of hydrogen-bond donors (Lipinski definition) is 3. The lowest BCUT2D eigenvalue weighted by Crippen LogP contribution is -2.38. The van der Waals surface area contributed by atoms with Gasteiger partial charge in [-0.1, -0.05) is 12.2 Å². The van der Waals surface area contributed by atoms with E-state index in [1.54, 1.807) is 7.05 Å². The first-order chi connectivity index (χ1) is 14.3. The van der Waals surface area contributed by atoms with E-state index in [2.05, 4.69) is 25.6 Å². The Morgan fingerprint density at radius 1 is 1.30 bits per heavy atom. The maximum absolute atomic E-state index is 13.7. The van der Waals surface area contributed by atoms with Crippen LogP contribution in [-0.4, -0.2) is 58.5 Å². The van der Waals surface area contributed by atoms with Gasteiger partial charge in [-0.2, -0.15) is 13.2 Å². The minimum Gasteiger partial charge on any atom is -0.356 e. The van der Waals surface area contributed by atoms with Crippen molar-refractivity contribution in [3.05, 3.63) is 41.4 Å². The van der Waals surface area contributed by atoms with Crippen LogP contribution < -0.4 is 10.6 Å². The zero-order chi connectivity index (χ0) is 21.3. The standard InChI is InChI=1S/C20H23F3N6O/c1-29-8-3-2-6-13-14(10-25-17(13)18(29)30)16-15(20(21,22)23)11-26-19(28-16)27-12-5-4-7-24-9-12/h2-3,10-12,24-25H,4-9H2,1H3,(H,26,27,28)/t12-/m0/s1. The van der Waals surface area contributed by atoms with Gasteiger partial charge < -0.3 is 20.5 Å². The van der Waals surface area contributed by atoms with Gasteiger partial charge in [-0.25, -0.2) is 9.97 Å². The maximum Gasteiger partial charge on any atom is 0.419 e. The number of H-pyrrole nitrogens is 1. The molecule has 0 aliphatic carbocycles. The number of carbonyl (C=O) groups is 1. The van der Waals surface area contributed by atoms with Gasteiger partial charge in [0.2, 0.25) is 5.95 Å². The molecular formula is C20H23F3N6O. The van der Waals surface area contributed by atoms with Crippen LogP contribution in [0.3, 0.4) is 0 Å². The Bertz CT molecular complexity index is 962. The predicted octanol–water partition coefficient (Wildman–Crippen LogP) is 2.84. The number of nitrogens with one attached hydrogen (secondary N) is 3. The third-order valence-electron chi connectivity index (χ3n) is 5.40. The molecule has 3 N–H and O–H groups in total. The number of likely N-dealkylation sites (N-methyl/N-ethyl adjacent to an activating group) is 1. The fourth-order valence-electron chi connectivity index (χ4n) is 3.80. The highest BCUT2D eigenvalue weighted by Gasteiger charge is 2.37. The number of anilines is 1. The number of fused-ring (bicyclic) bond motifs is 1. The molecule has 160 valence electrons. The Morgan fingerprint density at radius 3 is 2.87 bits per heavy atom. The molecule has 10 heteroatoms. The summed E-state index contributed by atoms with van der Waals surface area (Å²) in [7, 11) is 1.65. The summed E-state index contributed by atoms with van der Waals surface area (Å²) in [5, 5.41) is 6.37. The Kier molecular flexibility index (Phi) is 5.50. The molecular weight excluding hydrogens is 397 g/mol. The smallest absolute Gasteiger partial charge is 0.356 e. The minimum absolute atomic E-state index is 0.0494. The summed E-state index contributed by atoms with van der Waals surface area (Å²) in [6, 6.07) is 0.0494. The fourth-order valence-corrected chi connectivity index (χ4v) is 3.80. The second-order valence-electron chi connectivity index (χ2n) is 7.56. The van der Waals surface area contributed by atoms with Gasteiger partial charge in [0.15, 0.2) is 0 Å². The summed E-state index contributed by atoms with van der Waals surface area (Å²) in [6.45, 7) is 2.06. The molecule has 2 aromatic heterocycles. The predicted molar refractivity (Wildman–Crippen MR) is 106 cm³/mol. The van der Waals surface area contributed by atoms with Crippen molar-refractivity contribution in [1.29, 1.82) is 0 Å². The van der Waals surface area contributed by atoms with E-state index in [-0.39, 0.29) is 34.8 Å². The van der Waals surface area contributed by atoms with Crippen molar-refractivity contribution in [3.63, 3.8) is 0 Å². The van der Waals surface area contributed by atoms with Gasteiger partial charge in [-0.3, -0.25) is 4.79 Å². The third kappa shape index (κ3) is 4.04. The molecule has 2 aromatic rings. The lowest BCUT2D eigenvalue weighted by Gasteiger charge is -2.24. The van der Waals surface area contributed by atoms with E-state index in [0.29, 0.717) is 25.1 Å². The van der Waals surface area contributed by atoms with Crippen molar-refractivity contribution in [1.82, 2.24) is 25.2 Å². The Balaban J connectivity index is 1.78. The number of halogens is 3. The van der Waals surface area contributed by atoms with Crippen LogP contribution in [0, 0.1) is 0 Å². The van der Waals surface area contributed by atoms with Gasteiger partial charge in [-0.15, -0.1) is 0 Å². The van der Waals surface area contributed by atoms with Crippen molar-refractivity contribution in [3.8, 4) is 11.3 Å². The number of rotatable bonds is 3. The molecule has 0 spiro atoms. The zero-order valence-electron chi connectivity index (χ0n) is 16.5. The highest BCUT2D eigenvalue weighted by molar-refractivity contribution is 5.96. The SMILES string of the molecule is CN1CC=CCc2c(-c3nc(N[C@H]4CCCNC4)ncc3C(F)(F)F)c[nH]c2C1=O. The molecule has 0 saturated carbocycles. The van der Waals surface area contributed by atoms with E-state index in [1.807, 2.05) is 12.2 Å². The molecule has 1 amide bonds. The van der Waals surface area contributed by atoms with Gasteiger partial charge in [0, 0.05) is 44.1 Å². The van der Waals surface area contributed by atoms with E-state index in [9.17, 15) is 18.0 Å². The number of piperidine rings is 1. The van der Waals surface area contributed by atoms with Gasteiger partial charge in [-0.05, 0) is 31.4 Å². The quantitative estimate of drug-likeness (QED) is 0.665. The number of nitrogens with zero attached hydrogens (tertiary/aromatic N) is 3. The summed E-state index contributed by atoms with van der Waals surface area (Å²) in [5.41, 5.74) is -0.112. The molecule has 1 atom stereocenters.